The van der Waals surface area contributed by atoms with Crippen molar-refractivity contribution in [2.24, 2.45) is 0 Å². The summed E-state index contributed by atoms with van der Waals surface area (Å²) >= 11 is 0. The van der Waals surface area contributed by atoms with Gasteiger partial charge in [-0.1, -0.05) is 19.4 Å². The lowest BCUT2D eigenvalue weighted by Gasteiger charge is -2.40. The lowest BCUT2D eigenvalue weighted by atomic mass is 10.2. The Morgan fingerprint density at radius 1 is 1.09 bits per heavy atom. The number of fused-ring (bicyclic) bond motifs is 1. The van der Waals surface area contributed by atoms with E-state index in [-0.39, 0.29) is 23.5 Å². The van der Waals surface area contributed by atoms with Crippen LogP contribution in [-0.2, 0) is 0 Å². The number of likely N-dealkylation sites (tertiary alicyclic amines) is 1. The molecule has 0 unspecified atom stereocenters. The van der Waals surface area contributed by atoms with Crippen LogP contribution in [-0.4, -0.2) is 40.2 Å². The van der Waals surface area contributed by atoms with Crippen LogP contribution in [0.15, 0.2) is 52.2 Å². The molecule has 0 N–H and O–H groups in total. The third-order valence-electron chi connectivity index (χ3n) is 6.10. The number of hydrogen-bond donors (Lipinski definition) is 0. The maximum atomic E-state index is 13.2. The van der Waals surface area contributed by atoms with Crippen LogP contribution in [0.5, 0.6) is 5.75 Å². The van der Waals surface area contributed by atoms with Crippen LogP contribution >= 0.6 is 10.2 Å². The zero-order valence-corrected chi connectivity index (χ0v) is 19.6. The van der Waals surface area contributed by atoms with Crippen molar-refractivity contribution in [3.63, 3.8) is 0 Å². The number of rotatable bonds is 7. The zero-order chi connectivity index (χ0) is 24.8. The molecule has 0 bridgehead atoms. The van der Waals surface area contributed by atoms with Crippen LogP contribution in [0.4, 0.5) is 19.4 Å². The average molecular weight is 504 g/mol. The molecular weight excluding hydrogens is 477 g/mol. The third kappa shape index (κ3) is 5.20. The Labute approximate surface area is 193 Å². The normalized spacial score (nSPS) is 19.2. The van der Waals surface area contributed by atoms with Gasteiger partial charge in [-0.05, 0) is 82.1 Å². The second kappa shape index (κ2) is 7.94. The fraction of sp³-hybridized carbons (Fsp3) is 0.391. The van der Waals surface area contributed by atoms with Gasteiger partial charge in [-0.2, -0.15) is 0 Å². The smallest absolute Gasteiger partial charge is 0.310 e. The second-order valence-corrected chi connectivity index (χ2v) is 11.1. The summed E-state index contributed by atoms with van der Waals surface area (Å²) in [5.41, 5.74) is -0.607. The maximum absolute atomic E-state index is 13.2. The van der Waals surface area contributed by atoms with E-state index in [1.54, 1.807) is 24.3 Å². The molecular formula is C23H26F5N3O2S. The van der Waals surface area contributed by atoms with E-state index < -0.39 is 26.1 Å². The lowest BCUT2D eigenvalue weighted by Crippen LogP contribution is -2.28. The molecule has 0 amide bonds. The standard InChI is InChI=1S/C23H26F5N3O2S/c1-16-5-3-12-30(16)13-4-14-33-19-8-6-18(7-9-19)31-17(2)29-22-11-10-20(15-21(22)23(31)32)34(24,25,26,27)28/h6-11,15-16H,3-5,12-14H2,1-2H3/t16-/m0/s1. The largest absolute Gasteiger partial charge is 0.494 e. The third-order valence-corrected chi connectivity index (χ3v) is 7.24. The molecule has 1 atom stereocenters. The molecule has 34 heavy (non-hydrogen) atoms. The summed E-state index contributed by atoms with van der Waals surface area (Å²) in [6.45, 7) is 6.32. The van der Waals surface area contributed by atoms with Crippen LogP contribution in [0.2, 0.25) is 0 Å². The van der Waals surface area contributed by atoms with Crippen LogP contribution < -0.4 is 10.3 Å². The molecule has 0 aliphatic carbocycles. The Balaban J connectivity index is 1.55. The number of aryl methyl sites for hydroxylation is 1. The Morgan fingerprint density at radius 3 is 2.41 bits per heavy atom. The predicted octanol–water partition coefficient (Wildman–Crippen LogP) is 6.60. The van der Waals surface area contributed by atoms with Gasteiger partial charge in [0.1, 0.15) is 16.5 Å². The van der Waals surface area contributed by atoms with Crippen molar-refractivity contribution in [3.05, 3.63) is 58.6 Å². The summed E-state index contributed by atoms with van der Waals surface area (Å²) in [6.07, 6.45) is 3.30. The van der Waals surface area contributed by atoms with Gasteiger partial charge >= 0.3 is 10.2 Å². The first kappa shape index (κ1) is 24.5. The molecule has 2 aromatic carbocycles. The van der Waals surface area contributed by atoms with Crippen molar-refractivity contribution in [1.82, 2.24) is 14.5 Å². The average Bonchev–Trinajstić information content (AvgIpc) is 3.15. The Hall–Kier alpha value is -2.66. The molecule has 1 aliphatic rings. The van der Waals surface area contributed by atoms with E-state index >= 15 is 0 Å². The van der Waals surface area contributed by atoms with Crippen molar-refractivity contribution in [2.45, 2.75) is 44.0 Å². The summed E-state index contributed by atoms with van der Waals surface area (Å²) in [6, 6.07) is 8.28. The fourth-order valence-corrected chi connectivity index (χ4v) is 4.96. The lowest BCUT2D eigenvalue weighted by molar-refractivity contribution is 0.230. The second-order valence-electron chi connectivity index (χ2n) is 8.67. The molecule has 11 heteroatoms. The highest BCUT2D eigenvalue weighted by Crippen LogP contribution is 3.02. The van der Waals surface area contributed by atoms with Crippen LogP contribution in [0.25, 0.3) is 16.6 Å². The molecule has 1 aliphatic heterocycles. The highest BCUT2D eigenvalue weighted by molar-refractivity contribution is 8.45. The summed E-state index contributed by atoms with van der Waals surface area (Å²) in [7, 11) is -9.93. The number of halogens is 5. The zero-order valence-electron chi connectivity index (χ0n) is 18.8. The van der Waals surface area contributed by atoms with E-state index in [4.69, 9.17) is 4.74 Å². The maximum Gasteiger partial charge on any atom is 0.310 e. The van der Waals surface area contributed by atoms with E-state index in [1.165, 1.54) is 19.8 Å². The van der Waals surface area contributed by atoms with Crippen molar-refractivity contribution >= 4 is 21.1 Å². The minimum atomic E-state index is -9.93. The first-order valence-corrected chi connectivity index (χ1v) is 12.9. The number of ether oxygens (including phenoxy) is 1. The Bertz CT molecular complexity index is 1280. The number of benzene rings is 2. The van der Waals surface area contributed by atoms with Gasteiger partial charge in [0, 0.05) is 12.6 Å². The molecule has 1 aromatic heterocycles. The highest BCUT2D eigenvalue weighted by Gasteiger charge is 2.65. The Kier molecular flexibility index (Phi) is 5.72. The fourth-order valence-electron chi connectivity index (χ4n) is 4.29. The van der Waals surface area contributed by atoms with E-state index in [2.05, 4.69) is 16.8 Å². The van der Waals surface area contributed by atoms with Gasteiger partial charge in [0.2, 0.25) is 0 Å². The Morgan fingerprint density at radius 2 is 1.79 bits per heavy atom. The molecule has 0 saturated carbocycles. The van der Waals surface area contributed by atoms with Crippen LogP contribution in [0, 0.1) is 6.92 Å². The first-order chi connectivity index (χ1) is 15.7. The minimum absolute atomic E-state index is 0.0865. The summed E-state index contributed by atoms with van der Waals surface area (Å²) in [5.74, 6) is 0.798. The molecule has 0 spiro atoms. The first-order valence-electron chi connectivity index (χ1n) is 11.0. The van der Waals surface area contributed by atoms with Gasteiger partial charge in [-0.15, -0.1) is 0 Å². The van der Waals surface area contributed by atoms with Gasteiger partial charge in [0.05, 0.1) is 23.2 Å². The van der Waals surface area contributed by atoms with Gasteiger partial charge in [0.15, 0.2) is 0 Å². The molecule has 5 nitrogen and oxygen atoms in total. The van der Waals surface area contributed by atoms with E-state index in [0.717, 1.165) is 30.1 Å². The molecule has 2 heterocycles. The predicted molar refractivity (Wildman–Crippen MR) is 124 cm³/mol. The van der Waals surface area contributed by atoms with Gasteiger partial charge in [-0.25, -0.2) is 4.98 Å². The summed E-state index contributed by atoms with van der Waals surface area (Å²) < 4.78 is 73.1. The SMILES string of the molecule is Cc1nc2ccc(S(F)(F)(F)(F)F)cc2c(=O)n1-c1ccc(OCCCN2CCC[C@@H]2C)cc1. The van der Waals surface area contributed by atoms with E-state index in [9.17, 15) is 24.2 Å². The summed E-state index contributed by atoms with van der Waals surface area (Å²) in [5, 5.41) is -0.534. The quantitative estimate of drug-likeness (QED) is 0.269. The van der Waals surface area contributed by atoms with Crippen molar-refractivity contribution in [2.75, 3.05) is 19.7 Å². The monoisotopic (exact) mass is 503 g/mol. The van der Waals surface area contributed by atoms with Crippen molar-refractivity contribution < 1.29 is 24.2 Å². The van der Waals surface area contributed by atoms with E-state index in [0.29, 0.717) is 24.1 Å². The minimum Gasteiger partial charge on any atom is -0.494 e. The van der Waals surface area contributed by atoms with Crippen LogP contribution in [0.3, 0.4) is 0 Å². The number of nitrogens with zero attached hydrogens (tertiary/aromatic N) is 3. The highest BCUT2D eigenvalue weighted by atomic mass is 32.5. The molecule has 1 fully saturated rings. The number of hydrogen-bond acceptors (Lipinski definition) is 4. The van der Waals surface area contributed by atoms with Gasteiger partial charge < -0.3 is 9.64 Å². The van der Waals surface area contributed by atoms with Gasteiger partial charge in [0.25, 0.3) is 5.56 Å². The molecule has 186 valence electrons. The van der Waals surface area contributed by atoms with Crippen molar-refractivity contribution in [1.29, 1.82) is 0 Å². The number of aromatic nitrogens is 2. The topological polar surface area (TPSA) is 47.4 Å². The van der Waals surface area contributed by atoms with Crippen molar-refractivity contribution in [3.8, 4) is 11.4 Å². The van der Waals surface area contributed by atoms with Crippen LogP contribution in [0.1, 0.15) is 32.0 Å². The van der Waals surface area contributed by atoms with Gasteiger partial charge in [-0.3, -0.25) is 9.36 Å². The molecule has 1 saturated heterocycles. The van der Waals surface area contributed by atoms with E-state index in [1.807, 2.05) is 0 Å². The summed E-state index contributed by atoms with van der Waals surface area (Å²) in [4.78, 5) is 17.4. The molecule has 3 aromatic rings. The molecule has 0 radical (unpaired) electrons. The molecule has 4 rings (SSSR count).